The van der Waals surface area contributed by atoms with E-state index in [1.54, 1.807) is 6.21 Å². The third kappa shape index (κ3) is 7.39. The lowest BCUT2D eigenvalue weighted by Crippen LogP contribution is -2.17. The average Bonchev–Trinajstić information content (AvgIpc) is 2.46. The Balaban J connectivity index is 2.31. The molecule has 1 amide bonds. The fraction of sp³-hybridized carbons (Fsp3) is 0.579. The largest absolute Gasteiger partial charge is 0.273 e. The second kappa shape index (κ2) is 9.39. The molecule has 22 heavy (non-hydrogen) atoms. The molecule has 3 heteroatoms. The van der Waals surface area contributed by atoms with Gasteiger partial charge in [0.1, 0.15) is 0 Å². The molecule has 1 N–H and O–H groups in total. The van der Waals surface area contributed by atoms with Crippen molar-refractivity contribution in [3.63, 3.8) is 0 Å². The van der Waals surface area contributed by atoms with Crippen molar-refractivity contribution in [3.8, 4) is 0 Å². The molecule has 0 aliphatic heterocycles. The van der Waals surface area contributed by atoms with Gasteiger partial charge in [0.25, 0.3) is 0 Å². The molecule has 122 valence electrons. The topological polar surface area (TPSA) is 41.5 Å². The highest BCUT2D eigenvalue weighted by Gasteiger charge is 2.12. The molecule has 0 spiro atoms. The molecule has 0 aromatic heterocycles. The van der Waals surface area contributed by atoms with Crippen molar-refractivity contribution >= 4 is 12.1 Å². The number of nitrogens with zero attached hydrogens (tertiary/aromatic N) is 1. The summed E-state index contributed by atoms with van der Waals surface area (Å²) in [5.41, 5.74) is 5.04. The van der Waals surface area contributed by atoms with Gasteiger partial charge in [0.05, 0.1) is 6.21 Å². The normalized spacial score (nSPS) is 11.8. The lowest BCUT2D eigenvalue weighted by Gasteiger charge is -2.18. The predicted molar refractivity (Wildman–Crippen MR) is 94.3 cm³/mol. The molecule has 0 aliphatic rings. The maximum atomic E-state index is 11.6. The first-order valence-corrected chi connectivity index (χ1v) is 8.36. The zero-order valence-electron chi connectivity index (χ0n) is 14.5. The van der Waals surface area contributed by atoms with Crippen LogP contribution < -0.4 is 5.43 Å². The molecule has 1 aromatic carbocycles. The highest BCUT2D eigenvalue weighted by Crippen LogP contribution is 2.21. The Morgan fingerprint density at radius 2 is 1.73 bits per heavy atom. The molecule has 0 radical (unpaired) electrons. The molecule has 0 atom stereocenters. The zero-order valence-corrected chi connectivity index (χ0v) is 14.5. The number of hydrogen-bond acceptors (Lipinski definition) is 2. The molecule has 0 saturated heterocycles. The van der Waals surface area contributed by atoms with E-state index in [0.29, 0.717) is 6.42 Å². The number of unbranched alkanes of at least 4 members (excludes halogenated alkanes) is 4. The summed E-state index contributed by atoms with van der Waals surface area (Å²) < 4.78 is 0. The van der Waals surface area contributed by atoms with Crippen molar-refractivity contribution < 1.29 is 4.79 Å². The Morgan fingerprint density at radius 1 is 1.09 bits per heavy atom. The number of hydrogen-bond donors (Lipinski definition) is 1. The van der Waals surface area contributed by atoms with E-state index in [1.807, 2.05) is 12.1 Å². The summed E-state index contributed by atoms with van der Waals surface area (Å²) in [5.74, 6) is -0.000870. The van der Waals surface area contributed by atoms with Crippen molar-refractivity contribution in [1.82, 2.24) is 5.43 Å². The molecular formula is C19H30N2O. The van der Waals surface area contributed by atoms with E-state index in [1.165, 1.54) is 24.8 Å². The summed E-state index contributed by atoms with van der Waals surface area (Å²) in [7, 11) is 0. The highest BCUT2D eigenvalue weighted by molar-refractivity contribution is 5.82. The molecular weight excluding hydrogens is 272 g/mol. The molecule has 0 unspecified atom stereocenters. The van der Waals surface area contributed by atoms with Gasteiger partial charge in [-0.05, 0) is 23.0 Å². The number of carbonyl (C=O) groups is 1. The van der Waals surface area contributed by atoms with Gasteiger partial charge in [-0.1, -0.05) is 77.6 Å². The van der Waals surface area contributed by atoms with Gasteiger partial charge in [-0.15, -0.1) is 0 Å². The Bertz CT molecular complexity index is 469. The number of rotatable bonds is 8. The van der Waals surface area contributed by atoms with Crippen LogP contribution >= 0.6 is 0 Å². The third-order valence-electron chi connectivity index (χ3n) is 3.69. The Hall–Kier alpha value is -1.64. The summed E-state index contributed by atoms with van der Waals surface area (Å²) in [4.78, 5) is 11.6. The van der Waals surface area contributed by atoms with Gasteiger partial charge in [0, 0.05) is 6.42 Å². The summed E-state index contributed by atoms with van der Waals surface area (Å²) in [5, 5.41) is 4.02. The Kier molecular flexibility index (Phi) is 7.86. The smallest absolute Gasteiger partial charge is 0.240 e. The first-order valence-electron chi connectivity index (χ1n) is 8.36. The van der Waals surface area contributed by atoms with Crippen LogP contribution in [-0.4, -0.2) is 12.1 Å². The van der Waals surface area contributed by atoms with E-state index in [0.717, 1.165) is 18.4 Å². The minimum Gasteiger partial charge on any atom is -0.273 e. The molecule has 0 heterocycles. The number of benzene rings is 1. The second-order valence-electron chi connectivity index (χ2n) is 6.83. The fourth-order valence-corrected chi connectivity index (χ4v) is 2.19. The molecule has 0 bridgehead atoms. The van der Waals surface area contributed by atoms with Crippen LogP contribution in [-0.2, 0) is 10.2 Å². The van der Waals surface area contributed by atoms with Crippen molar-refractivity contribution in [2.45, 2.75) is 71.6 Å². The number of amides is 1. The Labute approximate surface area is 135 Å². The standard InChI is InChI=1S/C19H30N2O/c1-5-6-7-8-9-10-18(22)21-20-15-16-11-13-17(14-12-16)19(2,3)4/h11-15H,5-10H2,1-4H3,(H,21,22)/b20-15+. The SMILES string of the molecule is CCCCCCCC(=O)N/N=C/c1ccc(C(C)(C)C)cc1. The van der Waals surface area contributed by atoms with Crippen molar-refractivity contribution in [3.05, 3.63) is 35.4 Å². The molecule has 3 nitrogen and oxygen atoms in total. The summed E-state index contributed by atoms with van der Waals surface area (Å²) in [6, 6.07) is 8.27. The van der Waals surface area contributed by atoms with Gasteiger partial charge < -0.3 is 0 Å². The quantitative estimate of drug-likeness (QED) is 0.418. The highest BCUT2D eigenvalue weighted by atomic mass is 16.2. The monoisotopic (exact) mass is 302 g/mol. The molecule has 0 fully saturated rings. The van der Waals surface area contributed by atoms with Gasteiger partial charge >= 0.3 is 0 Å². The van der Waals surface area contributed by atoms with Crippen LogP contribution in [0.5, 0.6) is 0 Å². The van der Waals surface area contributed by atoms with Crippen LogP contribution in [0.15, 0.2) is 29.4 Å². The zero-order chi connectivity index (χ0) is 16.4. The number of carbonyl (C=O) groups excluding carboxylic acids is 1. The molecule has 1 rings (SSSR count). The van der Waals surface area contributed by atoms with Gasteiger partial charge in [-0.25, -0.2) is 5.43 Å². The van der Waals surface area contributed by atoms with E-state index in [9.17, 15) is 4.79 Å². The average molecular weight is 302 g/mol. The van der Waals surface area contributed by atoms with Crippen LogP contribution in [0, 0.1) is 0 Å². The maximum absolute atomic E-state index is 11.6. The number of nitrogens with one attached hydrogen (secondary N) is 1. The first-order chi connectivity index (χ1) is 10.4. The van der Waals surface area contributed by atoms with Crippen molar-refractivity contribution in [1.29, 1.82) is 0 Å². The van der Waals surface area contributed by atoms with Crippen LogP contribution in [0.3, 0.4) is 0 Å². The van der Waals surface area contributed by atoms with Crippen LogP contribution in [0.25, 0.3) is 0 Å². The minimum atomic E-state index is -0.000870. The van der Waals surface area contributed by atoms with Gasteiger partial charge in [0.2, 0.25) is 5.91 Å². The summed E-state index contributed by atoms with van der Waals surface area (Å²) >= 11 is 0. The summed E-state index contributed by atoms with van der Waals surface area (Å²) in [6.45, 7) is 8.76. The predicted octanol–water partition coefficient (Wildman–Crippen LogP) is 4.79. The first kappa shape index (κ1) is 18.4. The third-order valence-corrected chi connectivity index (χ3v) is 3.69. The van der Waals surface area contributed by atoms with Crippen LogP contribution in [0.1, 0.15) is 77.3 Å². The van der Waals surface area contributed by atoms with Gasteiger partial charge in [-0.3, -0.25) is 4.79 Å². The van der Waals surface area contributed by atoms with E-state index < -0.39 is 0 Å². The van der Waals surface area contributed by atoms with Crippen LogP contribution in [0.2, 0.25) is 0 Å². The lowest BCUT2D eigenvalue weighted by molar-refractivity contribution is -0.121. The molecule has 0 aliphatic carbocycles. The van der Waals surface area contributed by atoms with Crippen molar-refractivity contribution in [2.75, 3.05) is 0 Å². The second-order valence-corrected chi connectivity index (χ2v) is 6.83. The molecule has 1 aromatic rings. The van der Waals surface area contributed by atoms with Gasteiger partial charge in [-0.2, -0.15) is 5.10 Å². The maximum Gasteiger partial charge on any atom is 0.240 e. The lowest BCUT2D eigenvalue weighted by atomic mass is 9.87. The number of hydrazone groups is 1. The van der Waals surface area contributed by atoms with Crippen LogP contribution in [0.4, 0.5) is 0 Å². The molecule has 0 saturated carbocycles. The minimum absolute atomic E-state index is 0.000870. The van der Waals surface area contributed by atoms with Gasteiger partial charge in [0.15, 0.2) is 0 Å². The van der Waals surface area contributed by atoms with E-state index >= 15 is 0 Å². The van der Waals surface area contributed by atoms with E-state index in [4.69, 9.17) is 0 Å². The Morgan fingerprint density at radius 3 is 2.32 bits per heavy atom. The van der Waals surface area contributed by atoms with Crippen molar-refractivity contribution in [2.24, 2.45) is 5.10 Å². The summed E-state index contributed by atoms with van der Waals surface area (Å²) in [6.07, 6.45) is 8.02. The fourth-order valence-electron chi connectivity index (χ4n) is 2.19. The van der Waals surface area contributed by atoms with E-state index in [2.05, 4.69) is 50.4 Å². The van der Waals surface area contributed by atoms with E-state index in [-0.39, 0.29) is 11.3 Å².